The predicted molar refractivity (Wildman–Crippen MR) is 90.8 cm³/mol. The lowest BCUT2D eigenvalue weighted by atomic mass is 9.96. The van der Waals surface area contributed by atoms with Gasteiger partial charge in [0.25, 0.3) is 5.91 Å². The number of halogens is 2. The van der Waals surface area contributed by atoms with Crippen LogP contribution in [0.2, 0.25) is 10.0 Å². The Kier molecular flexibility index (Phi) is 6.84. The van der Waals surface area contributed by atoms with Crippen molar-refractivity contribution in [2.45, 2.75) is 64.0 Å². The Balaban J connectivity index is 1.88. The maximum absolute atomic E-state index is 12.3. The van der Waals surface area contributed by atoms with E-state index >= 15 is 0 Å². The minimum Gasteiger partial charge on any atom is -0.479 e. The van der Waals surface area contributed by atoms with Crippen molar-refractivity contribution in [3.05, 3.63) is 28.2 Å². The van der Waals surface area contributed by atoms with Crippen LogP contribution in [-0.2, 0) is 4.79 Å². The van der Waals surface area contributed by atoms with Crippen LogP contribution in [0.3, 0.4) is 0 Å². The normalized spacial score (nSPS) is 18.1. The zero-order valence-electron chi connectivity index (χ0n) is 12.9. The molecule has 0 radical (unpaired) electrons. The van der Waals surface area contributed by atoms with E-state index in [-0.39, 0.29) is 11.9 Å². The van der Waals surface area contributed by atoms with E-state index in [4.69, 9.17) is 27.9 Å². The fourth-order valence-corrected chi connectivity index (χ4v) is 3.19. The van der Waals surface area contributed by atoms with Crippen LogP contribution in [0, 0.1) is 0 Å². The van der Waals surface area contributed by atoms with Crippen molar-refractivity contribution in [3.8, 4) is 5.75 Å². The molecule has 1 saturated carbocycles. The Morgan fingerprint density at radius 3 is 2.45 bits per heavy atom. The van der Waals surface area contributed by atoms with Crippen LogP contribution in [-0.4, -0.2) is 18.1 Å². The zero-order chi connectivity index (χ0) is 15.9. The molecule has 1 aromatic rings. The SMILES string of the molecule is CC(Oc1ccc(Cl)cc1Cl)C(=O)NC1CCCCCCC1. The first-order chi connectivity index (χ1) is 10.6. The Hall–Kier alpha value is -0.930. The molecule has 1 aliphatic rings. The van der Waals surface area contributed by atoms with Gasteiger partial charge in [0, 0.05) is 11.1 Å². The van der Waals surface area contributed by atoms with Crippen LogP contribution >= 0.6 is 23.2 Å². The molecule has 22 heavy (non-hydrogen) atoms. The first-order valence-corrected chi connectivity index (χ1v) is 8.74. The van der Waals surface area contributed by atoms with Crippen molar-refractivity contribution in [2.75, 3.05) is 0 Å². The summed E-state index contributed by atoms with van der Waals surface area (Å²) in [7, 11) is 0. The molecular formula is C17H23Cl2NO2. The van der Waals surface area contributed by atoms with Gasteiger partial charge in [0.2, 0.25) is 0 Å². The summed E-state index contributed by atoms with van der Waals surface area (Å²) in [5.74, 6) is 0.392. The first kappa shape index (κ1) is 17.4. The van der Waals surface area contributed by atoms with Gasteiger partial charge in [-0.15, -0.1) is 0 Å². The van der Waals surface area contributed by atoms with Crippen LogP contribution in [0.25, 0.3) is 0 Å². The molecule has 2 rings (SSSR count). The molecule has 1 unspecified atom stereocenters. The second-order valence-electron chi connectivity index (χ2n) is 5.89. The Labute approximate surface area is 142 Å². The number of ether oxygens (including phenoxy) is 1. The Morgan fingerprint density at radius 2 is 1.82 bits per heavy atom. The second kappa shape index (κ2) is 8.64. The third-order valence-electron chi connectivity index (χ3n) is 4.02. The van der Waals surface area contributed by atoms with Gasteiger partial charge in [0.05, 0.1) is 5.02 Å². The van der Waals surface area contributed by atoms with Gasteiger partial charge >= 0.3 is 0 Å². The quantitative estimate of drug-likeness (QED) is 0.836. The number of benzene rings is 1. The molecule has 1 aliphatic carbocycles. The molecule has 5 heteroatoms. The average Bonchev–Trinajstić information content (AvgIpc) is 2.44. The molecule has 1 N–H and O–H groups in total. The highest BCUT2D eigenvalue weighted by atomic mass is 35.5. The highest BCUT2D eigenvalue weighted by Crippen LogP contribution is 2.28. The Morgan fingerprint density at radius 1 is 1.18 bits per heavy atom. The van der Waals surface area contributed by atoms with Crippen molar-refractivity contribution in [3.63, 3.8) is 0 Å². The maximum atomic E-state index is 12.3. The highest BCUT2D eigenvalue weighted by Gasteiger charge is 2.20. The topological polar surface area (TPSA) is 38.3 Å². The lowest BCUT2D eigenvalue weighted by Gasteiger charge is -2.23. The molecule has 122 valence electrons. The molecule has 0 saturated heterocycles. The third kappa shape index (κ3) is 5.36. The molecule has 0 aliphatic heterocycles. The number of carbonyl (C=O) groups is 1. The van der Waals surface area contributed by atoms with Gasteiger partial charge in [0.1, 0.15) is 5.75 Å². The Bertz CT molecular complexity index is 499. The number of hydrogen-bond donors (Lipinski definition) is 1. The van der Waals surface area contributed by atoms with Crippen molar-refractivity contribution >= 4 is 29.1 Å². The summed E-state index contributed by atoms with van der Waals surface area (Å²) in [6.45, 7) is 1.74. The van der Waals surface area contributed by atoms with E-state index in [0.717, 1.165) is 12.8 Å². The summed E-state index contributed by atoms with van der Waals surface area (Å²) >= 11 is 11.9. The third-order valence-corrected chi connectivity index (χ3v) is 4.55. The van der Waals surface area contributed by atoms with Gasteiger partial charge in [-0.1, -0.05) is 55.3 Å². The summed E-state index contributed by atoms with van der Waals surface area (Å²) in [6, 6.07) is 5.25. The van der Waals surface area contributed by atoms with Gasteiger partial charge < -0.3 is 10.1 Å². The van der Waals surface area contributed by atoms with E-state index < -0.39 is 6.10 Å². The van der Waals surface area contributed by atoms with Crippen LogP contribution in [0.4, 0.5) is 0 Å². The predicted octanol–water partition coefficient (Wildman–Crippen LogP) is 4.99. The fourth-order valence-electron chi connectivity index (χ4n) is 2.73. The molecule has 3 nitrogen and oxygen atoms in total. The molecular weight excluding hydrogens is 321 g/mol. The van der Waals surface area contributed by atoms with Crippen LogP contribution < -0.4 is 10.1 Å². The summed E-state index contributed by atoms with van der Waals surface area (Å²) in [5.41, 5.74) is 0. The van der Waals surface area contributed by atoms with Gasteiger partial charge in [-0.2, -0.15) is 0 Å². The highest BCUT2D eigenvalue weighted by molar-refractivity contribution is 6.35. The maximum Gasteiger partial charge on any atom is 0.260 e. The number of rotatable bonds is 4. The number of carbonyl (C=O) groups excluding carboxylic acids is 1. The number of nitrogens with one attached hydrogen (secondary N) is 1. The average molecular weight is 344 g/mol. The van der Waals surface area contributed by atoms with Crippen molar-refractivity contribution in [2.24, 2.45) is 0 Å². The molecule has 0 bridgehead atoms. The summed E-state index contributed by atoms with van der Waals surface area (Å²) in [5, 5.41) is 4.06. The molecule has 0 aromatic heterocycles. The standard InChI is InChI=1S/C17H23Cl2NO2/c1-12(22-16-10-9-13(18)11-15(16)19)17(21)20-14-7-5-3-2-4-6-8-14/h9-12,14H,2-8H2,1H3,(H,20,21). The fraction of sp³-hybridized carbons (Fsp3) is 0.588. The van der Waals surface area contributed by atoms with E-state index in [0.29, 0.717) is 15.8 Å². The summed E-state index contributed by atoms with van der Waals surface area (Å²) in [6.07, 6.45) is 7.74. The monoisotopic (exact) mass is 343 g/mol. The van der Waals surface area contributed by atoms with Crippen molar-refractivity contribution in [1.29, 1.82) is 0 Å². The molecule has 1 fully saturated rings. The van der Waals surface area contributed by atoms with Gasteiger partial charge in [-0.05, 0) is 38.0 Å². The van der Waals surface area contributed by atoms with E-state index in [1.54, 1.807) is 25.1 Å². The van der Waals surface area contributed by atoms with E-state index in [1.807, 2.05) is 0 Å². The minimum absolute atomic E-state index is 0.0865. The van der Waals surface area contributed by atoms with Crippen molar-refractivity contribution in [1.82, 2.24) is 5.32 Å². The molecule has 0 spiro atoms. The molecule has 0 heterocycles. The van der Waals surface area contributed by atoms with E-state index in [1.165, 1.54) is 32.1 Å². The molecule has 1 aromatic carbocycles. The lowest BCUT2D eigenvalue weighted by Crippen LogP contribution is -2.42. The van der Waals surface area contributed by atoms with E-state index in [9.17, 15) is 4.79 Å². The van der Waals surface area contributed by atoms with Crippen LogP contribution in [0.1, 0.15) is 51.9 Å². The van der Waals surface area contributed by atoms with Gasteiger partial charge in [0.15, 0.2) is 6.10 Å². The zero-order valence-corrected chi connectivity index (χ0v) is 14.4. The molecule has 1 atom stereocenters. The molecule has 1 amide bonds. The number of hydrogen-bond acceptors (Lipinski definition) is 2. The minimum atomic E-state index is -0.580. The summed E-state index contributed by atoms with van der Waals surface area (Å²) in [4.78, 5) is 12.3. The lowest BCUT2D eigenvalue weighted by molar-refractivity contribution is -0.128. The largest absolute Gasteiger partial charge is 0.479 e. The van der Waals surface area contributed by atoms with Crippen LogP contribution in [0.15, 0.2) is 18.2 Å². The second-order valence-corrected chi connectivity index (χ2v) is 6.73. The van der Waals surface area contributed by atoms with Crippen LogP contribution in [0.5, 0.6) is 5.75 Å². The summed E-state index contributed by atoms with van der Waals surface area (Å²) < 4.78 is 5.66. The number of amides is 1. The first-order valence-electron chi connectivity index (χ1n) is 7.98. The van der Waals surface area contributed by atoms with Crippen molar-refractivity contribution < 1.29 is 9.53 Å². The van der Waals surface area contributed by atoms with Gasteiger partial charge in [-0.3, -0.25) is 4.79 Å². The van der Waals surface area contributed by atoms with Gasteiger partial charge in [-0.25, -0.2) is 0 Å². The van der Waals surface area contributed by atoms with E-state index in [2.05, 4.69) is 5.32 Å². The smallest absolute Gasteiger partial charge is 0.260 e.